The normalized spacial score (nSPS) is 19.0. The third-order valence-corrected chi connectivity index (χ3v) is 6.67. The Bertz CT molecular complexity index is 1160. The number of nitrogens with zero attached hydrogens (tertiary/aromatic N) is 5. The molecular formula is C24H32N6O3. The first-order valence-electron chi connectivity index (χ1n) is 11.6. The van der Waals surface area contributed by atoms with E-state index in [1.165, 1.54) is 0 Å². The number of methoxy groups -OCH3 is 1. The Morgan fingerprint density at radius 3 is 2.79 bits per heavy atom. The van der Waals surface area contributed by atoms with Crippen molar-refractivity contribution in [3.05, 3.63) is 30.6 Å². The van der Waals surface area contributed by atoms with Crippen molar-refractivity contribution in [2.24, 2.45) is 13.0 Å². The Balaban J connectivity index is 1.30. The lowest BCUT2D eigenvalue weighted by Gasteiger charge is -2.44. The Morgan fingerprint density at radius 1 is 1.27 bits per heavy atom. The summed E-state index contributed by atoms with van der Waals surface area (Å²) in [5.41, 5.74) is 2.64. The summed E-state index contributed by atoms with van der Waals surface area (Å²) in [4.78, 5) is 14.5. The standard InChI is InChI=1S/C24H32N6O3/c1-24(2,32-4)15-29-9-8-18(29)14-33-20-13-25-28(3)22(20)17-7-10-30-19(11-17)12-21(27-30)26-23(31)16-5-6-16/h7,10-13,16,18H,5-6,8-9,14-15H2,1-4H3,(H,26,27,31)/t18-/m1/s1. The number of anilines is 1. The van der Waals surface area contributed by atoms with Gasteiger partial charge in [-0.3, -0.25) is 14.4 Å². The number of hydrogen-bond acceptors (Lipinski definition) is 6. The molecule has 0 spiro atoms. The van der Waals surface area contributed by atoms with Gasteiger partial charge >= 0.3 is 0 Å². The van der Waals surface area contributed by atoms with Crippen molar-refractivity contribution in [3.63, 3.8) is 0 Å². The van der Waals surface area contributed by atoms with E-state index in [9.17, 15) is 4.79 Å². The van der Waals surface area contributed by atoms with Gasteiger partial charge < -0.3 is 14.8 Å². The van der Waals surface area contributed by atoms with Crippen LogP contribution in [-0.4, -0.2) is 68.7 Å². The van der Waals surface area contributed by atoms with Crippen LogP contribution in [0.3, 0.4) is 0 Å². The van der Waals surface area contributed by atoms with Crippen LogP contribution < -0.4 is 10.1 Å². The summed E-state index contributed by atoms with van der Waals surface area (Å²) in [6, 6.07) is 6.31. The fourth-order valence-corrected chi connectivity index (χ4v) is 4.26. The van der Waals surface area contributed by atoms with Crippen molar-refractivity contribution in [3.8, 4) is 17.0 Å². The van der Waals surface area contributed by atoms with Crippen LogP contribution in [0, 0.1) is 5.92 Å². The van der Waals surface area contributed by atoms with E-state index in [0.717, 1.165) is 54.9 Å². The molecule has 5 rings (SSSR count). The molecule has 1 aliphatic heterocycles. The summed E-state index contributed by atoms with van der Waals surface area (Å²) in [5.74, 6) is 1.54. The summed E-state index contributed by atoms with van der Waals surface area (Å²) in [5, 5.41) is 11.8. The molecule has 176 valence electrons. The van der Waals surface area contributed by atoms with Crippen LogP contribution >= 0.6 is 0 Å². The van der Waals surface area contributed by atoms with Gasteiger partial charge in [-0.05, 0) is 45.2 Å². The van der Waals surface area contributed by atoms with E-state index >= 15 is 0 Å². The van der Waals surface area contributed by atoms with E-state index in [4.69, 9.17) is 9.47 Å². The summed E-state index contributed by atoms with van der Waals surface area (Å²) >= 11 is 0. The highest BCUT2D eigenvalue weighted by Gasteiger charge is 2.33. The third kappa shape index (κ3) is 4.60. The lowest BCUT2D eigenvalue weighted by Crippen LogP contribution is -2.55. The minimum atomic E-state index is -0.171. The topological polar surface area (TPSA) is 85.9 Å². The molecule has 1 saturated carbocycles. The van der Waals surface area contributed by atoms with Crippen LogP contribution in [0.25, 0.3) is 16.8 Å². The molecule has 1 saturated heterocycles. The predicted octanol–water partition coefficient (Wildman–Crippen LogP) is 2.96. The number of aryl methyl sites for hydroxylation is 1. The zero-order valence-corrected chi connectivity index (χ0v) is 19.7. The Hall–Kier alpha value is -2.91. The second-order valence-electron chi connectivity index (χ2n) is 9.75. The first kappa shape index (κ1) is 21.9. The van der Waals surface area contributed by atoms with Crippen LogP contribution in [-0.2, 0) is 16.6 Å². The van der Waals surface area contributed by atoms with Crippen LogP contribution in [0.5, 0.6) is 5.75 Å². The first-order chi connectivity index (χ1) is 15.8. The summed E-state index contributed by atoms with van der Waals surface area (Å²) in [6.45, 7) is 6.79. The Labute approximate surface area is 193 Å². The molecule has 3 aromatic rings. The molecule has 3 aromatic heterocycles. The quantitative estimate of drug-likeness (QED) is 0.537. The van der Waals surface area contributed by atoms with E-state index in [0.29, 0.717) is 18.5 Å². The van der Waals surface area contributed by atoms with Gasteiger partial charge in [-0.1, -0.05) is 0 Å². The molecule has 2 fully saturated rings. The van der Waals surface area contributed by atoms with Crippen molar-refractivity contribution < 1.29 is 14.3 Å². The van der Waals surface area contributed by atoms with Crippen LogP contribution in [0.1, 0.15) is 33.1 Å². The molecule has 1 atom stereocenters. The predicted molar refractivity (Wildman–Crippen MR) is 125 cm³/mol. The van der Waals surface area contributed by atoms with Crippen molar-refractivity contribution in [2.45, 2.75) is 44.8 Å². The van der Waals surface area contributed by atoms with Gasteiger partial charge in [-0.15, -0.1) is 0 Å². The molecule has 1 N–H and O–H groups in total. The number of carbonyl (C=O) groups is 1. The Morgan fingerprint density at radius 2 is 2.09 bits per heavy atom. The zero-order valence-electron chi connectivity index (χ0n) is 19.7. The number of amides is 1. The summed E-state index contributed by atoms with van der Waals surface area (Å²) < 4.78 is 15.4. The van der Waals surface area contributed by atoms with Gasteiger partial charge in [0.2, 0.25) is 5.91 Å². The van der Waals surface area contributed by atoms with Crippen molar-refractivity contribution in [1.29, 1.82) is 0 Å². The average Bonchev–Trinajstić information content (AvgIpc) is 3.46. The smallest absolute Gasteiger partial charge is 0.228 e. The van der Waals surface area contributed by atoms with Crippen LogP contribution in [0.4, 0.5) is 5.82 Å². The van der Waals surface area contributed by atoms with E-state index < -0.39 is 0 Å². The monoisotopic (exact) mass is 452 g/mol. The number of aromatic nitrogens is 4. The van der Waals surface area contributed by atoms with E-state index in [1.54, 1.807) is 17.8 Å². The third-order valence-electron chi connectivity index (χ3n) is 6.67. The second kappa shape index (κ2) is 8.46. The number of nitrogens with one attached hydrogen (secondary N) is 1. The number of fused-ring (bicyclic) bond motifs is 1. The van der Waals surface area contributed by atoms with Gasteiger partial charge in [0.25, 0.3) is 0 Å². The highest BCUT2D eigenvalue weighted by atomic mass is 16.5. The van der Waals surface area contributed by atoms with Crippen LogP contribution in [0.2, 0.25) is 0 Å². The molecule has 9 nitrogen and oxygen atoms in total. The zero-order chi connectivity index (χ0) is 23.2. The molecule has 0 bridgehead atoms. The van der Waals surface area contributed by atoms with Crippen molar-refractivity contribution in [1.82, 2.24) is 24.3 Å². The molecule has 4 heterocycles. The van der Waals surface area contributed by atoms with Crippen molar-refractivity contribution >= 4 is 17.2 Å². The van der Waals surface area contributed by atoms with Gasteiger partial charge in [0.1, 0.15) is 12.3 Å². The number of pyridine rings is 1. The van der Waals surface area contributed by atoms with Gasteiger partial charge in [-0.2, -0.15) is 10.2 Å². The summed E-state index contributed by atoms with van der Waals surface area (Å²) in [7, 11) is 3.68. The maximum Gasteiger partial charge on any atom is 0.228 e. The molecule has 33 heavy (non-hydrogen) atoms. The van der Waals surface area contributed by atoms with Gasteiger partial charge in [0.05, 0.1) is 17.3 Å². The molecule has 9 heteroatoms. The molecule has 2 aliphatic rings. The number of likely N-dealkylation sites (tertiary alicyclic amines) is 1. The first-order valence-corrected chi connectivity index (χ1v) is 11.6. The minimum Gasteiger partial charge on any atom is -0.488 e. The average molecular weight is 453 g/mol. The highest BCUT2D eigenvalue weighted by Crippen LogP contribution is 2.33. The van der Waals surface area contributed by atoms with Gasteiger partial charge in [0.15, 0.2) is 11.6 Å². The SMILES string of the molecule is COC(C)(C)CN1CC[C@@H]1COc1cnn(C)c1-c1ccn2nc(NC(=O)C3CC3)cc2c1. The lowest BCUT2D eigenvalue weighted by molar-refractivity contribution is -0.117. The maximum atomic E-state index is 12.1. The van der Waals surface area contributed by atoms with Crippen LogP contribution in [0.15, 0.2) is 30.6 Å². The molecule has 1 aliphatic carbocycles. The second-order valence-corrected chi connectivity index (χ2v) is 9.75. The molecule has 0 unspecified atom stereocenters. The fraction of sp³-hybridized carbons (Fsp3) is 0.542. The fourth-order valence-electron chi connectivity index (χ4n) is 4.26. The van der Waals surface area contributed by atoms with Crippen molar-refractivity contribution in [2.75, 3.05) is 32.1 Å². The molecule has 0 radical (unpaired) electrons. The molecule has 1 amide bonds. The van der Waals surface area contributed by atoms with E-state index in [2.05, 4.69) is 34.3 Å². The largest absolute Gasteiger partial charge is 0.488 e. The van der Waals surface area contributed by atoms with Gasteiger partial charge in [0, 0.05) is 57.0 Å². The molecular weight excluding hydrogens is 420 g/mol. The van der Waals surface area contributed by atoms with Gasteiger partial charge in [-0.25, -0.2) is 4.52 Å². The summed E-state index contributed by atoms with van der Waals surface area (Å²) in [6.07, 6.45) is 6.73. The number of hydrogen-bond donors (Lipinski definition) is 1. The van der Waals surface area contributed by atoms with E-state index in [-0.39, 0.29) is 17.4 Å². The number of rotatable bonds is 9. The molecule has 0 aromatic carbocycles. The number of carbonyl (C=O) groups excluding carboxylic acids is 1. The minimum absolute atomic E-state index is 0.0554. The lowest BCUT2D eigenvalue weighted by atomic mass is 9.99. The Kier molecular flexibility index (Phi) is 5.62. The van der Waals surface area contributed by atoms with E-state index in [1.807, 2.05) is 36.1 Å². The maximum absolute atomic E-state index is 12.1. The number of ether oxygens (including phenoxy) is 2. The highest BCUT2D eigenvalue weighted by molar-refractivity contribution is 5.93.